The summed E-state index contributed by atoms with van der Waals surface area (Å²) >= 11 is 0. The molecular formula is C22H27NO10. The van der Waals surface area contributed by atoms with Crippen LogP contribution in [-0.2, 0) is 49.4 Å². The molecule has 2 rings (SSSR count). The van der Waals surface area contributed by atoms with Gasteiger partial charge >= 0.3 is 24.0 Å². The van der Waals surface area contributed by atoms with E-state index in [0.717, 1.165) is 5.56 Å². The maximum Gasteiger partial charge on any atom is 0.408 e. The molecule has 1 aliphatic heterocycles. The maximum absolute atomic E-state index is 12.1. The fourth-order valence-corrected chi connectivity index (χ4v) is 2.76. The van der Waals surface area contributed by atoms with E-state index in [1.54, 1.807) is 24.3 Å². The smallest absolute Gasteiger partial charge is 0.408 e. The molecule has 1 aromatic carbocycles. The van der Waals surface area contributed by atoms with E-state index in [2.05, 4.69) is 5.32 Å². The number of rotatable bonds is 10. The number of amides is 1. The Kier molecular flexibility index (Phi) is 10.3. The normalized spacial score (nSPS) is 20.3. The zero-order valence-electron chi connectivity index (χ0n) is 18.6. The van der Waals surface area contributed by atoms with Crippen molar-refractivity contribution in [3.8, 4) is 0 Å². The monoisotopic (exact) mass is 465 g/mol. The number of esters is 3. The summed E-state index contributed by atoms with van der Waals surface area (Å²) in [5.74, 6) is -1.82. The van der Waals surface area contributed by atoms with Gasteiger partial charge in [0.1, 0.15) is 25.4 Å². The van der Waals surface area contributed by atoms with Gasteiger partial charge in [-0.15, -0.1) is 0 Å². The number of hydrogen-bond acceptors (Lipinski definition) is 10. The molecule has 0 saturated carbocycles. The van der Waals surface area contributed by atoms with Crippen LogP contribution in [0.2, 0.25) is 0 Å². The molecule has 0 fully saturated rings. The van der Waals surface area contributed by atoms with E-state index >= 15 is 0 Å². The van der Waals surface area contributed by atoms with Crippen LogP contribution in [0.25, 0.3) is 0 Å². The Morgan fingerprint density at radius 2 is 1.76 bits per heavy atom. The van der Waals surface area contributed by atoms with Gasteiger partial charge in [-0.05, 0) is 17.7 Å². The van der Waals surface area contributed by atoms with Crippen LogP contribution in [0.1, 0.15) is 19.4 Å². The third kappa shape index (κ3) is 9.29. The second-order valence-corrected chi connectivity index (χ2v) is 6.92. The number of carbonyl (C=O) groups is 4. The summed E-state index contributed by atoms with van der Waals surface area (Å²) in [7, 11) is 1.17. The number of carbonyl (C=O) groups excluding carboxylic acids is 4. The first kappa shape index (κ1) is 25.8. The van der Waals surface area contributed by atoms with Gasteiger partial charge in [0, 0.05) is 13.8 Å². The number of hydrogen-bond donors (Lipinski definition) is 1. The summed E-state index contributed by atoms with van der Waals surface area (Å²) in [6, 6.07) is 7.85. The van der Waals surface area contributed by atoms with Crippen LogP contribution in [0.15, 0.2) is 42.5 Å². The first-order chi connectivity index (χ1) is 15.8. The summed E-state index contributed by atoms with van der Waals surface area (Å²) in [6.07, 6.45) is -0.414. The highest BCUT2D eigenvalue weighted by molar-refractivity contribution is 5.81. The molecular weight excluding hydrogens is 438 g/mol. The number of alkyl carbamates (subject to hydrolysis) is 1. The van der Waals surface area contributed by atoms with Gasteiger partial charge in [0.2, 0.25) is 0 Å². The highest BCUT2D eigenvalue weighted by Crippen LogP contribution is 2.18. The second kappa shape index (κ2) is 13.2. The Hall–Kier alpha value is -3.44. The number of methoxy groups -OCH3 is 1. The van der Waals surface area contributed by atoms with Gasteiger partial charge in [-0.1, -0.05) is 30.3 Å². The lowest BCUT2D eigenvalue weighted by molar-refractivity contribution is -0.199. The number of benzene rings is 1. The van der Waals surface area contributed by atoms with Gasteiger partial charge in [-0.3, -0.25) is 9.59 Å². The molecule has 11 heteroatoms. The van der Waals surface area contributed by atoms with Crippen molar-refractivity contribution in [3.05, 3.63) is 48.0 Å². The molecule has 0 spiro atoms. The van der Waals surface area contributed by atoms with Crippen molar-refractivity contribution in [3.63, 3.8) is 0 Å². The van der Waals surface area contributed by atoms with Crippen LogP contribution in [0, 0.1) is 0 Å². The van der Waals surface area contributed by atoms with Gasteiger partial charge in [0.05, 0.1) is 13.7 Å². The highest BCUT2D eigenvalue weighted by Gasteiger charge is 2.32. The molecule has 1 heterocycles. The fourth-order valence-electron chi connectivity index (χ4n) is 2.76. The minimum Gasteiger partial charge on any atom is -0.467 e. The predicted octanol–water partition coefficient (Wildman–Crippen LogP) is 1.25. The second-order valence-electron chi connectivity index (χ2n) is 6.92. The third-order valence-corrected chi connectivity index (χ3v) is 4.30. The molecule has 11 nitrogen and oxygen atoms in total. The van der Waals surface area contributed by atoms with Crippen LogP contribution in [-0.4, -0.2) is 68.9 Å². The van der Waals surface area contributed by atoms with Crippen molar-refractivity contribution in [1.29, 1.82) is 0 Å². The SMILES string of the molecule is COC(=O)[C@H](CO[C@@H]1C=C[C@H](OC(C)=O)[C@@H](COC(C)=O)O1)NC(=O)OCc1ccccc1. The highest BCUT2D eigenvalue weighted by atomic mass is 16.7. The quantitative estimate of drug-likeness (QED) is 0.305. The Labute approximate surface area is 190 Å². The first-order valence-electron chi connectivity index (χ1n) is 10.1. The van der Waals surface area contributed by atoms with E-state index in [0.29, 0.717) is 0 Å². The molecule has 0 unspecified atom stereocenters. The Bertz CT molecular complexity index is 841. The molecule has 0 radical (unpaired) electrons. The molecule has 0 aromatic heterocycles. The fraction of sp³-hybridized carbons (Fsp3) is 0.455. The van der Waals surface area contributed by atoms with Crippen molar-refractivity contribution in [2.24, 2.45) is 0 Å². The summed E-state index contributed by atoms with van der Waals surface area (Å²) in [5, 5.41) is 2.38. The third-order valence-electron chi connectivity index (χ3n) is 4.30. The average molecular weight is 465 g/mol. The van der Waals surface area contributed by atoms with Crippen molar-refractivity contribution in [2.45, 2.75) is 45.0 Å². The minimum absolute atomic E-state index is 0.0191. The zero-order valence-corrected chi connectivity index (χ0v) is 18.6. The van der Waals surface area contributed by atoms with Crippen LogP contribution in [0.5, 0.6) is 0 Å². The lowest BCUT2D eigenvalue weighted by atomic mass is 10.1. The Morgan fingerprint density at radius 1 is 1.03 bits per heavy atom. The average Bonchev–Trinajstić information content (AvgIpc) is 2.79. The van der Waals surface area contributed by atoms with E-state index in [4.69, 9.17) is 28.4 Å². The molecule has 0 aliphatic carbocycles. The van der Waals surface area contributed by atoms with E-state index in [1.165, 1.54) is 33.1 Å². The van der Waals surface area contributed by atoms with Crippen LogP contribution in [0.4, 0.5) is 4.79 Å². The minimum atomic E-state index is -1.17. The molecule has 180 valence electrons. The van der Waals surface area contributed by atoms with Crippen molar-refractivity contribution >= 4 is 24.0 Å². The Balaban J connectivity index is 1.92. The topological polar surface area (TPSA) is 136 Å². The summed E-state index contributed by atoms with van der Waals surface area (Å²) in [4.78, 5) is 46.6. The van der Waals surface area contributed by atoms with Crippen molar-refractivity contribution in [2.75, 3.05) is 20.3 Å². The standard InChI is InChI=1S/C22H27NO10/c1-14(24)29-13-19-18(32-15(2)25)9-10-20(33-19)30-12-17(21(26)28-3)23-22(27)31-11-16-7-5-4-6-8-16/h4-10,17-20H,11-13H2,1-3H3,(H,23,27)/t17-,18-,19+,20-/m0/s1. The molecule has 1 N–H and O–H groups in total. The maximum atomic E-state index is 12.1. The van der Waals surface area contributed by atoms with Crippen molar-refractivity contribution in [1.82, 2.24) is 5.32 Å². The predicted molar refractivity (Wildman–Crippen MR) is 112 cm³/mol. The van der Waals surface area contributed by atoms with Crippen LogP contribution in [0.3, 0.4) is 0 Å². The molecule has 4 atom stereocenters. The molecule has 0 bridgehead atoms. The van der Waals surface area contributed by atoms with Crippen molar-refractivity contribution < 1.29 is 47.6 Å². The first-order valence-corrected chi connectivity index (χ1v) is 10.1. The van der Waals surface area contributed by atoms with E-state index < -0.39 is 48.5 Å². The number of nitrogens with one attached hydrogen (secondary N) is 1. The van der Waals surface area contributed by atoms with Gasteiger partial charge in [-0.2, -0.15) is 0 Å². The summed E-state index contributed by atoms with van der Waals surface area (Å²) in [6.45, 7) is 2.01. The lowest BCUT2D eigenvalue weighted by Crippen LogP contribution is -2.47. The van der Waals surface area contributed by atoms with Gasteiger partial charge in [-0.25, -0.2) is 9.59 Å². The zero-order chi connectivity index (χ0) is 24.2. The molecule has 1 amide bonds. The van der Waals surface area contributed by atoms with Gasteiger partial charge in [0.15, 0.2) is 12.3 Å². The molecule has 0 saturated heterocycles. The van der Waals surface area contributed by atoms with E-state index in [9.17, 15) is 19.2 Å². The largest absolute Gasteiger partial charge is 0.467 e. The Morgan fingerprint density at radius 3 is 2.39 bits per heavy atom. The summed E-state index contributed by atoms with van der Waals surface area (Å²) < 4.78 is 31.1. The lowest BCUT2D eigenvalue weighted by Gasteiger charge is -2.31. The van der Waals surface area contributed by atoms with Crippen LogP contribution >= 0.6 is 0 Å². The molecule has 1 aromatic rings. The van der Waals surface area contributed by atoms with E-state index in [-0.39, 0.29) is 19.8 Å². The number of ether oxygens (including phenoxy) is 6. The van der Waals surface area contributed by atoms with E-state index in [1.807, 2.05) is 6.07 Å². The molecule has 33 heavy (non-hydrogen) atoms. The van der Waals surface area contributed by atoms with Gasteiger partial charge < -0.3 is 33.7 Å². The molecule has 1 aliphatic rings. The van der Waals surface area contributed by atoms with Gasteiger partial charge in [0.25, 0.3) is 0 Å². The summed E-state index contributed by atoms with van der Waals surface area (Å²) in [5.41, 5.74) is 0.778. The van der Waals surface area contributed by atoms with Crippen LogP contribution < -0.4 is 5.32 Å².